The monoisotopic (exact) mass is 471 g/mol. The normalized spacial score (nSPS) is 34.7. The largest absolute Gasteiger partial charge is 0.490 e. The van der Waals surface area contributed by atoms with Crippen LogP contribution in [0.4, 0.5) is 0 Å². The molecule has 142 valence electrons. The van der Waals surface area contributed by atoms with E-state index in [0.717, 1.165) is 35.7 Å². The number of carbonyl (C=O) groups is 1. The molecule has 0 spiro atoms. The topological polar surface area (TPSA) is 67.8 Å². The Morgan fingerprint density at radius 2 is 2.00 bits per heavy atom. The van der Waals surface area contributed by atoms with Crippen molar-refractivity contribution in [3.8, 4) is 5.75 Å². The fourth-order valence-corrected chi connectivity index (χ4v) is 5.95. The van der Waals surface area contributed by atoms with Crippen molar-refractivity contribution in [2.24, 2.45) is 17.8 Å². The maximum absolute atomic E-state index is 13.0. The number of carbonyl (C=O) groups excluding carboxylic acids is 1. The second-order valence-electron chi connectivity index (χ2n) is 8.18. The lowest BCUT2D eigenvalue weighted by Crippen LogP contribution is -2.61. The lowest BCUT2D eigenvalue weighted by Gasteiger charge is -2.58. The van der Waals surface area contributed by atoms with Gasteiger partial charge < -0.3 is 19.9 Å². The summed E-state index contributed by atoms with van der Waals surface area (Å²) >= 11 is 2.22. The summed E-state index contributed by atoms with van der Waals surface area (Å²) in [6, 6.07) is 5.83. The van der Waals surface area contributed by atoms with Crippen LogP contribution in [0.5, 0.6) is 5.75 Å². The van der Waals surface area contributed by atoms with Crippen molar-refractivity contribution in [3.63, 3.8) is 0 Å². The number of rotatable bonds is 6. The summed E-state index contributed by atoms with van der Waals surface area (Å²) in [6.45, 7) is 0.902. The van der Waals surface area contributed by atoms with Crippen molar-refractivity contribution >= 4 is 28.5 Å². The van der Waals surface area contributed by atoms with Crippen LogP contribution in [0.3, 0.4) is 0 Å². The number of halogens is 1. The Morgan fingerprint density at radius 3 is 2.65 bits per heavy atom. The number of methoxy groups -OCH3 is 1. The van der Waals surface area contributed by atoms with Gasteiger partial charge >= 0.3 is 0 Å². The molecule has 1 amide bonds. The van der Waals surface area contributed by atoms with Crippen LogP contribution in [-0.4, -0.2) is 43.0 Å². The van der Waals surface area contributed by atoms with Crippen molar-refractivity contribution in [2.75, 3.05) is 20.3 Å². The third kappa shape index (κ3) is 3.60. The fourth-order valence-electron chi connectivity index (χ4n) is 5.48. The van der Waals surface area contributed by atoms with E-state index in [4.69, 9.17) is 9.47 Å². The summed E-state index contributed by atoms with van der Waals surface area (Å²) in [5.41, 5.74) is 0.101. The standard InChI is InChI=1S/C20H26INO4/c1-25-4-5-26-17-8-15(21)2-3-16(17)19(23)22-18-13-6-12-7-14(18)11-20(24,9-12)10-13/h2-3,8,12-14,18,24H,4-7,9-11H2,1H3,(H,22,23). The molecule has 4 aliphatic carbocycles. The Kier molecular flexibility index (Phi) is 5.18. The van der Waals surface area contributed by atoms with Gasteiger partial charge in [0.25, 0.3) is 5.91 Å². The van der Waals surface area contributed by atoms with E-state index in [1.165, 1.54) is 0 Å². The first-order chi connectivity index (χ1) is 12.5. The van der Waals surface area contributed by atoms with Gasteiger partial charge in [0.1, 0.15) is 12.4 Å². The molecule has 0 aliphatic heterocycles. The summed E-state index contributed by atoms with van der Waals surface area (Å²) in [5.74, 6) is 1.97. The van der Waals surface area contributed by atoms with Crippen LogP contribution < -0.4 is 10.1 Å². The van der Waals surface area contributed by atoms with E-state index >= 15 is 0 Å². The second kappa shape index (κ2) is 7.28. The molecule has 2 atom stereocenters. The number of aliphatic hydroxyl groups is 1. The lowest BCUT2D eigenvalue weighted by molar-refractivity contribution is -0.136. The molecule has 4 fully saturated rings. The highest BCUT2D eigenvalue weighted by Gasteiger charge is 2.55. The zero-order chi connectivity index (χ0) is 18.3. The molecular weight excluding hydrogens is 445 g/mol. The molecule has 0 heterocycles. The van der Waals surface area contributed by atoms with Crippen molar-refractivity contribution in [1.82, 2.24) is 5.32 Å². The summed E-state index contributed by atoms with van der Waals surface area (Å²) in [7, 11) is 1.63. The number of hydrogen-bond acceptors (Lipinski definition) is 4. The first-order valence-electron chi connectivity index (χ1n) is 9.42. The Balaban J connectivity index is 1.49. The second-order valence-corrected chi connectivity index (χ2v) is 9.42. The number of amides is 1. The van der Waals surface area contributed by atoms with Crippen LogP contribution in [0, 0.1) is 21.3 Å². The van der Waals surface area contributed by atoms with E-state index in [9.17, 15) is 9.90 Å². The van der Waals surface area contributed by atoms with Crippen LogP contribution in [0.2, 0.25) is 0 Å². The van der Waals surface area contributed by atoms with E-state index in [-0.39, 0.29) is 11.9 Å². The van der Waals surface area contributed by atoms with Crippen molar-refractivity contribution in [3.05, 3.63) is 27.3 Å². The van der Waals surface area contributed by atoms with Crippen molar-refractivity contribution in [1.29, 1.82) is 0 Å². The van der Waals surface area contributed by atoms with Gasteiger partial charge in [0.2, 0.25) is 0 Å². The smallest absolute Gasteiger partial charge is 0.255 e. The fraction of sp³-hybridized carbons (Fsp3) is 0.650. The first-order valence-corrected chi connectivity index (χ1v) is 10.5. The Morgan fingerprint density at radius 1 is 1.27 bits per heavy atom. The van der Waals surface area contributed by atoms with Crippen LogP contribution >= 0.6 is 22.6 Å². The molecule has 26 heavy (non-hydrogen) atoms. The molecule has 0 aromatic heterocycles. The zero-order valence-corrected chi connectivity index (χ0v) is 17.2. The van der Waals surface area contributed by atoms with E-state index < -0.39 is 5.60 Å². The minimum atomic E-state index is -0.477. The quantitative estimate of drug-likeness (QED) is 0.495. The summed E-state index contributed by atoms with van der Waals surface area (Å²) in [5, 5.41) is 14.0. The van der Waals surface area contributed by atoms with Gasteiger partial charge in [-0.2, -0.15) is 0 Å². The van der Waals surface area contributed by atoms with Crippen LogP contribution in [0.1, 0.15) is 42.5 Å². The minimum absolute atomic E-state index is 0.0710. The average molecular weight is 471 g/mol. The van der Waals surface area contributed by atoms with Gasteiger partial charge in [0.15, 0.2) is 0 Å². The maximum atomic E-state index is 13.0. The maximum Gasteiger partial charge on any atom is 0.255 e. The molecular formula is C20H26INO4. The highest BCUT2D eigenvalue weighted by atomic mass is 127. The lowest BCUT2D eigenvalue weighted by atomic mass is 9.52. The minimum Gasteiger partial charge on any atom is -0.490 e. The van der Waals surface area contributed by atoms with Gasteiger partial charge in [-0.15, -0.1) is 0 Å². The number of nitrogens with one attached hydrogen (secondary N) is 1. The molecule has 1 aromatic carbocycles. The predicted octanol–water partition coefficient (Wildman–Crippen LogP) is 2.99. The molecule has 2 N–H and O–H groups in total. The predicted molar refractivity (Wildman–Crippen MR) is 106 cm³/mol. The Bertz CT molecular complexity index is 678. The van der Waals surface area contributed by atoms with Gasteiger partial charge in [0, 0.05) is 16.7 Å². The summed E-state index contributed by atoms with van der Waals surface area (Å²) in [4.78, 5) is 13.0. The number of ether oxygens (including phenoxy) is 2. The van der Waals surface area contributed by atoms with Crippen LogP contribution in [0.15, 0.2) is 18.2 Å². The Hall–Kier alpha value is -0.860. The molecule has 4 saturated carbocycles. The third-order valence-electron chi connectivity index (χ3n) is 6.27. The number of hydrogen-bond donors (Lipinski definition) is 2. The molecule has 0 saturated heterocycles. The van der Waals surface area contributed by atoms with Gasteiger partial charge in [0.05, 0.1) is 17.8 Å². The average Bonchev–Trinajstić information content (AvgIpc) is 2.57. The van der Waals surface area contributed by atoms with Crippen molar-refractivity contribution in [2.45, 2.75) is 43.7 Å². The highest BCUT2D eigenvalue weighted by Crippen LogP contribution is 2.55. The number of benzene rings is 1. The van der Waals surface area contributed by atoms with Gasteiger partial charge in [-0.3, -0.25) is 4.79 Å². The summed E-state index contributed by atoms with van der Waals surface area (Å²) in [6.07, 6.45) is 4.88. The third-order valence-corrected chi connectivity index (χ3v) is 6.94. The molecule has 1 aromatic rings. The molecule has 4 aliphatic rings. The van der Waals surface area contributed by atoms with E-state index in [0.29, 0.717) is 42.3 Å². The van der Waals surface area contributed by atoms with Gasteiger partial charge in [-0.1, -0.05) is 0 Å². The van der Waals surface area contributed by atoms with Crippen LogP contribution in [0.25, 0.3) is 0 Å². The van der Waals surface area contributed by atoms with E-state index in [2.05, 4.69) is 27.9 Å². The molecule has 4 bridgehead atoms. The molecule has 6 heteroatoms. The molecule has 2 unspecified atom stereocenters. The van der Waals surface area contributed by atoms with Crippen molar-refractivity contribution < 1.29 is 19.4 Å². The highest BCUT2D eigenvalue weighted by molar-refractivity contribution is 14.1. The molecule has 0 radical (unpaired) electrons. The zero-order valence-electron chi connectivity index (χ0n) is 15.0. The summed E-state index contributed by atoms with van der Waals surface area (Å²) < 4.78 is 11.8. The molecule has 5 rings (SSSR count). The Labute approximate surface area is 168 Å². The van der Waals surface area contributed by atoms with E-state index in [1.54, 1.807) is 7.11 Å². The van der Waals surface area contributed by atoms with Crippen LogP contribution in [-0.2, 0) is 4.74 Å². The molecule has 5 nitrogen and oxygen atoms in total. The SMILES string of the molecule is COCCOc1cc(I)ccc1C(=O)NC1C2CC3CC1CC(O)(C3)C2. The van der Waals surface area contributed by atoms with Gasteiger partial charge in [-0.25, -0.2) is 0 Å². The van der Waals surface area contributed by atoms with E-state index in [1.807, 2.05) is 18.2 Å². The van der Waals surface area contributed by atoms with Gasteiger partial charge in [-0.05, 0) is 90.6 Å². The first kappa shape index (κ1) is 18.5.